The maximum absolute atomic E-state index is 13.2. The number of piperidine rings is 1. The van der Waals surface area contributed by atoms with Gasteiger partial charge in [0.05, 0.1) is 13.2 Å². The average molecular weight is 558 g/mol. The minimum absolute atomic E-state index is 0.00451. The molecular weight excluding hydrogens is 527 g/mol. The standard InChI is InChI=1S/C27H31IN2O3/c1-27-13-12-22-21-11-9-20(32-2)14-17(21)8-10-23(22)24(27)15-19(16-28)30-25(27)29(26(31)33-30)18-6-4-3-5-7-18/h3-7,9,11,14,19,22-25H,8,10,12-13,15-16H2,1-2H3/t19-,22-,23-,24+,25-,27+/m1/s1. The van der Waals surface area contributed by atoms with Gasteiger partial charge in [0, 0.05) is 15.5 Å². The van der Waals surface area contributed by atoms with Gasteiger partial charge in [-0.05, 0) is 85.3 Å². The molecule has 0 aromatic heterocycles. The van der Waals surface area contributed by atoms with Crippen LogP contribution in [-0.4, -0.2) is 34.9 Å². The van der Waals surface area contributed by atoms with Crippen LogP contribution in [0, 0.1) is 17.3 Å². The molecule has 174 valence electrons. The molecule has 0 N–H and O–H groups in total. The van der Waals surface area contributed by atoms with Gasteiger partial charge in [-0.3, -0.25) is 4.90 Å². The largest absolute Gasteiger partial charge is 0.497 e. The van der Waals surface area contributed by atoms with Gasteiger partial charge in [-0.1, -0.05) is 53.8 Å². The van der Waals surface area contributed by atoms with Crippen LogP contribution >= 0.6 is 22.6 Å². The molecule has 2 saturated heterocycles. The highest BCUT2D eigenvalue weighted by atomic mass is 127. The Morgan fingerprint density at radius 3 is 2.76 bits per heavy atom. The predicted octanol–water partition coefficient (Wildman–Crippen LogP) is 6.16. The number of ether oxygens (including phenoxy) is 1. The van der Waals surface area contributed by atoms with Crippen molar-refractivity contribution < 1.29 is 14.4 Å². The summed E-state index contributed by atoms with van der Waals surface area (Å²) in [5.74, 6) is 2.77. The number of para-hydroxylation sites is 1. The van der Waals surface area contributed by atoms with Crippen molar-refractivity contribution >= 4 is 34.4 Å². The first-order chi connectivity index (χ1) is 16.0. The van der Waals surface area contributed by atoms with Gasteiger partial charge >= 0.3 is 6.09 Å². The fourth-order valence-electron chi connectivity index (χ4n) is 7.42. The van der Waals surface area contributed by atoms with E-state index < -0.39 is 0 Å². The summed E-state index contributed by atoms with van der Waals surface area (Å²) in [5.41, 5.74) is 3.93. The minimum Gasteiger partial charge on any atom is -0.497 e. The van der Waals surface area contributed by atoms with Crippen molar-refractivity contribution in [3.8, 4) is 5.75 Å². The molecule has 0 unspecified atom stereocenters. The van der Waals surface area contributed by atoms with Crippen molar-refractivity contribution in [2.45, 2.75) is 57.2 Å². The number of carbonyl (C=O) groups is 1. The molecule has 2 aromatic carbocycles. The molecule has 6 heteroatoms. The van der Waals surface area contributed by atoms with E-state index in [-0.39, 0.29) is 23.7 Å². The summed E-state index contributed by atoms with van der Waals surface area (Å²) >= 11 is 2.47. The lowest BCUT2D eigenvalue weighted by Crippen LogP contribution is -2.64. The Morgan fingerprint density at radius 1 is 1.18 bits per heavy atom. The fraction of sp³-hybridized carbons (Fsp3) is 0.519. The molecule has 2 aliphatic heterocycles. The highest BCUT2D eigenvalue weighted by Gasteiger charge is 2.63. The molecule has 33 heavy (non-hydrogen) atoms. The Hall–Kier alpha value is -1.80. The number of aryl methyl sites for hydroxylation is 1. The predicted molar refractivity (Wildman–Crippen MR) is 137 cm³/mol. The molecule has 6 atom stereocenters. The Labute approximate surface area is 209 Å². The smallest absolute Gasteiger partial charge is 0.435 e. The molecule has 1 amide bonds. The second-order valence-electron chi connectivity index (χ2n) is 10.4. The number of rotatable bonds is 3. The van der Waals surface area contributed by atoms with Crippen LogP contribution in [-0.2, 0) is 11.3 Å². The number of alkyl halides is 1. The molecular formula is C27H31IN2O3. The van der Waals surface area contributed by atoms with Crippen LogP contribution in [0.3, 0.4) is 0 Å². The molecule has 2 aliphatic carbocycles. The number of hydrogen-bond donors (Lipinski definition) is 0. The number of anilines is 1. The van der Waals surface area contributed by atoms with Gasteiger partial charge < -0.3 is 9.57 Å². The van der Waals surface area contributed by atoms with Crippen molar-refractivity contribution in [2.75, 3.05) is 16.4 Å². The van der Waals surface area contributed by atoms with E-state index in [1.54, 1.807) is 7.11 Å². The Morgan fingerprint density at radius 2 is 2.00 bits per heavy atom. The van der Waals surface area contributed by atoms with Gasteiger partial charge in [0.2, 0.25) is 0 Å². The zero-order valence-corrected chi connectivity index (χ0v) is 21.4. The molecule has 0 bridgehead atoms. The summed E-state index contributed by atoms with van der Waals surface area (Å²) in [5, 5.41) is 2.06. The lowest BCUT2D eigenvalue weighted by Gasteiger charge is -2.59. The quantitative estimate of drug-likeness (QED) is 0.334. The van der Waals surface area contributed by atoms with Crippen LogP contribution in [0.1, 0.15) is 49.7 Å². The Bertz CT molecular complexity index is 1060. The third-order valence-corrected chi connectivity index (χ3v) is 9.94. The van der Waals surface area contributed by atoms with Crippen LogP contribution in [0.5, 0.6) is 5.75 Å². The number of nitrogens with zero attached hydrogens (tertiary/aromatic N) is 2. The third kappa shape index (κ3) is 3.23. The Balaban J connectivity index is 1.40. The van der Waals surface area contributed by atoms with E-state index in [0.29, 0.717) is 17.8 Å². The highest BCUT2D eigenvalue weighted by Crippen LogP contribution is 2.62. The van der Waals surface area contributed by atoms with E-state index in [0.717, 1.165) is 41.5 Å². The summed E-state index contributed by atoms with van der Waals surface area (Å²) in [6.07, 6.45) is 5.40. The normalized spacial score (nSPS) is 35.2. The molecule has 2 aromatic rings. The first kappa shape index (κ1) is 21.7. The summed E-state index contributed by atoms with van der Waals surface area (Å²) in [7, 11) is 1.75. The van der Waals surface area contributed by atoms with Crippen molar-refractivity contribution in [3.63, 3.8) is 0 Å². The molecule has 2 heterocycles. The van der Waals surface area contributed by atoms with Crippen molar-refractivity contribution in [1.82, 2.24) is 5.06 Å². The molecule has 0 radical (unpaired) electrons. The first-order valence-electron chi connectivity index (χ1n) is 12.1. The van der Waals surface area contributed by atoms with Crippen molar-refractivity contribution in [1.29, 1.82) is 0 Å². The van der Waals surface area contributed by atoms with Gasteiger partial charge in [0.1, 0.15) is 11.9 Å². The SMILES string of the molecule is COc1ccc2c(c1)CC[C@@H]1[C@@H]2CC[C@]2(C)[C@@H]3N(c4ccccc4)C(=O)ON3[C@@H](CI)C[C@@H]12. The van der Waals surface area contributed by atoms with Crippen molar-refractivity contribution in [2.24, 2.45) is 17.3 Å². The number of hydrogen-bond acceptors (Lipinski definition) is 4. The minimum atomic E-state index is -0.230. The lowest BCUT2D eigenvalue weighted by molar-refractivity contribution is -0.205. The van der Waals surface area contributed by atoms with E-state index in [4.69, 9.17) is 9.57 Å². The number of halogens is 1. The van der Waals surface area contributed by atoms with Gasteiger partial charge in [-0.15, -0.1) is 5.06 Å². The van der Waals surface area contributed by atoms with Crippen LogP contribution < -0.4 is 9.64 Å². The monoisotopic (exact) mass is 558 g/mol. The second-order valence-corrected chi connectivity index (χ2v) is 11.2. The molecule has 1 saturated carbocycles. The second kappa shape index (κ2) is 8.15. The van der Waals surface area contributed by atoms with E-state index in [2.05, 4.69) is 52.8 Å². The number of benzene rings is 2. The summed E-state index contributed by atoms with van der Waals surface area (Å²) < 4.78 is 6.46. The number of hydroxylamine groups is 2. The zero-order valence-electron chi connectivity index (χ0n) is 19.2. The van der Waals surface area contributed by atoms with Crippen molar-refractivity contribution in [3.05, 3.63) is 59.7 Å². The number of amides is 1. The van der Waals surface area contributed by atoms with Crippen LogP contribution in [0.25, 0.3) is 0 Å². The summed E-state index contributed by atoms with van der Waals surface area (Å²) in [4.78, 5) is 21.1. The molecule has 6 rings (SSSR count). The first-order valence-corrected chi connectivity index (χ1v) is 13.6. The van der Waals surface area contributed by atoms with E-state index in [1.807, 2.05) is 35.2 Å². The van der Waals surface area contributed by atoms with Crippen LogP contribution in [0.15, 0.2) is 48.5 Å². The van der Waals surface area contributed by atoms with Crippen LogP contribution in [0.4, 0.5) is 10.5 Å². The molecule has 0 spiro atoms. The highest BCUT2D eigenvalue weighted by molar-refractivity contribution is 14.1. The molecule has 4 aliphatic rings. The van der Waals surface area contributed by atoms with Gasteiger partial charge in [-0.25, -0.2) is 4.79 Å². The maximum Gasteiger partial charge on any atom is 0.435 e. The van der Waals surface area contributed by atoms with E-state index in [1.165, 1.54) is 17.5 Å². The van der Waals surface area contributed by atoms with Gasteiger partial charge in [0.25, 0.3) is 0 Å². The number of carbonyl (C=O) groups excluding carboxylic acids is 1. The zero-order chi connectivity index (χ0) is 22.7. The third-order valence-electron chi connectivity index (χ3n) is 8.93. The maximum atomic E-state index is 13.2. The molecule has 3 fully saturated rings. The lowest BCUT2D eigenvalue weighted by atomic mass is 9.51. The van der Waals surface area contributed by atoms with Gasteiger partial charge in [-0.2, -0.15) is 0 Å². The average Bonchev–Trinajstić information content (AvgIpc) is 3.21. The van der Waals surface area contributed by atoms with E-state index >= 15 is 0 Å². The fourth-order valence-corrected chi connectivity index (χ4v) is 8.17. The van der Waals surface area contributed by atoms with Crippen LogP contribution in [0.2, 0.25) is 0 Å². The van der Waals surface area contributed by atoms with Gasteiger partial charge in [0.15, 0.2) is 0 Å². The summed E-state index contributed by atoms with van der Waals surface area (Å²) in [6, 6.07) is 17.0. The van der Waals surface area contributed by atoms with E-state index in [9.17, 15) is 4.79 Å². The topological polar surface area (TPSA) is 42.0 Å². The molecule has 5 nitrogen and oxygen atoms in total. The Kier molecular flexibility index (Phi) is 5.36. The number of methoxy groups -OCH3 is 1. The summed E-state index contributed by atoms with van der Waals surface area (Å²) in [6.45, 7) is 2.43. The number of fused-ring (bicyclic) bond motifs is 7.